The van der Waals surface area contributed by atoms with Gasteiger partial charge in [0.15, 0.2) is 0 Å². The molecule has 3 aliphatic rings. The van der Waals surface area contributed by atoms with Crippen molar-refractivity contribution in [2.24, 2.45) is 17.8 Å². The van der Waals surface area contributed by atoms with Crippen LogP contribution in [0.2, 0.25) is 0 Å². The highest BCUT2D eigenvalue weighted by molar-refractivity contribution is 5.09. The van der Waals surface area contributed by atoms with Crippen molar-refractivity contribution in [3.63, 3.8) is 0 Å². The Bertz CT molecular complexity index is 252. The smallest absolute Gasteiger partial charge is 0.0576 e. The fraction of sp³-hybridized carbons (Fsp3) is 0.867. The fourth-order valence-electron chi connectivity index (χ4n) is 3.88. The predicted octanol–water partition coefficient (Wildman–Crippen LogP) is 3.94. The van der Waals surface area contributed by atoms with E-state index in [1.54, 1.807) is 0 Å². The third-order valence-electron chi connectivity index (χ3n) is 4.79. The second-order valence-corrected chi connectivity index (χ2v) is 5.96. The summed E-state index contributed by atoms with van der Waals surface area (Å²) in [5.74, 6) is 2.93. The first kappa shape index (κ1) is 10.8. The van der Waals surface area contributed by atoms with Crippen molar-refractivity contribution >= 4 is 0 Å². The van der Waals surface area contributed by atoms with Gasteiger partial charge in [0.2, 0.25) is 0 Å². The number of rotatable bonds is 5. The molecule has 0 radical (unpaired) electrons. The van der Waals surface area contributed by atoms with Crippen LogP contribution in [0.4, 0.5) is 0 Å². The molecule has 4 atom stereocenters. The molecule has 4 unspecified atom stereocenters. The lowest BCUT2D eigenvalue weighted by atomic mass is 9.88. The first-order valence-electron chi connectivity index (χ1n) is 7.22. The van der Waals surface area contributed by atoms with E-state index in [4.69, 9.17) is 4.74 Å². The lowest BCUT2D eigenvalue weighted by Gasteiger charge is -2.18. The molecule has 1 saturated carbocycles. The van der Waals surface area contributed by atoms with Gasteiger partial charge in [-0.05, 0) is 56.3 Å². The number of ether oxygens (including phenoxy) is 1. The molecule has 2 fully saturated rings. The molecule has 0 aromatic carbocycles. The molecule has 0 aromatic rings. The highest BCUT2D eigenvalue weighted by Crippen LogP contribution is 2.45. The molecule has 16 heavy (non-hydrogen) atoms. The summed E-state index contributed by atoms with van der Waals surface area (Å²) in [6, 6.07) is 0. The summed E-state index contributed by atoms with van der Waals surface area (Å²) in [4.78, 5) is 0. The van der Waals surface area contributed by atoms with Crippen LogP contribution >= 0.6 is 0 Å². The Hall–Kier alpha value is -0.300. The third-order valence-corrected chi connectivity index (χ3v) is 4.79. The van der Waals surface area contributed by atoms with Crippen molar-refractivity contribution in [3.8, 4) is 0 Å². The number of fused-ring (bicyclic) bond motifs is 2. The minimum Gasteiger partial charge on any atom is -0.378 e. The van der Waals surface area contributed by atoms with E-state index < -0.39 is 0 Å². The maximum atomic E-state index is 5.66. The van der Waals surface area contributed by atoms with E-state index in [1.165, 1.54) is 51.4 Å². The van der Waals surface area contributed by atoms with Crippen molar-refractivity contribution in [2.75, 3.05) is 6.61 Å². The minimum atomic E-state index is 0.611. The molecule has 1 aliphatic heterocycles. The molecule has 2 bridgehead atoms. The van der Waals surface area contributed by atoms with Gasteiger partial charge in [0.05, 0.1) is 6.10 Å². The van der Waals surface area contributed by atoms with E-state index in [2.05, 4.69) is 12.2 Å². The Labute approximate surface area is 99.3 Å². The summed E-state index contributed by atoms with van der Waals surface area (Å²) in [7, 11) is 0. The van der Waals surface area contributed by atoms with Crippen molar-refractivity contribution in [3.05, 3.63) is 12.2 Å². The summed E-state index contributed by atoms with van der Waals surface area (Å²) in [6.07, 6.45) is 16.7. The molecule has 0 spiro atoms. The summed E-state index contributed by atoms with van der Waals surface area (Å²) >= 11 is 0. The lowest BCUT2D eigenvalue weighted by Crippen LogP contribution is -2.08. The summed E-state index contributed by atoms with van der Waals surface area (Å²) in [5, 5.41) is 0. The van der Waals surface area contributed by atoms with Crippen LogP contribution in [0.5, 0.6) is 0 Å². The second-order valence-electron chi connectivity index (χ2n) is 5.96. The first-order chi connectivity index (χ1) is 7.92. The van der Waals surface area contributed by atoms with Gasteiger partial charge >= 0.3 is 0 Å². The van der Waals surface area contributed by atoms with Crippen molar-refractivity contribution in [1.29, 1.82) is 0 Å². The van der Waals surface area contributed by atoms with Crippen LogP contribution in [-0.2, 0) is 4.74 Å². The van der Waals surface area contributed by atoms with Crippen LogP contribution in [0.15, 0.2) is 12.2 Å². The van der Waals surface area contributed by atoms with Gasteiger partial charge in [0.1, 0.15) is 0 Å². The highest BCUT2D eigenvalue weighted by Gasteiger charge is 2.34. The molecule has 1 nitrogen and oxygen atoms in total. The van der Waals surface area contributed by atoms with Crippen LogP contribution < -0.4 is 0 Å². The number of allylic oxidation sites excluding steroid dienone is 2. The number of unbranched alkanes of at least 4 members (excludes halogenated alkanes) is 1. The molecule has 0 N–H and O–H groups in total. The van der Waals surface area contributed by atoms with Gasteiger partial charge in [-0.3, -0.25) is 0 Å². The zero-order valence-corrected chi connectivity index (χ0v) is 10.2. The molecule has 90 valence electrons. The van der Waals surface area contributed by atoms with Gasteiger partial charge in [-0.15, -0.1) is 0 Å². The van der Waals surface area contributed by atoms with Crippen molar-refractivity contribution in [1.82, 2.24) is 0 Å². The fourth-order valence-corrected chi connectivity index (χ4v) is 3.88. The highest BCUT2D eigenvalue weighted by atomic mass is 16.5. The molecule has 0 aromatic heterocycles. The summed E-state index contributed by atoms with van der Waals surface area (Å²) in [6.45, 7) is 1.02. The van der Waals surface area contributed by atoms with Gasteiger partial charge < -0.3 is 4.74 Å². The van der Waals surface area contributed by atoms with Crippen molar-refractivity contribution in [2.45, 2.75) is 57.5 Å². The number of hydrogen-bond donors (Lipinski definition) is 0. The van der Waals surface area contributed by atoms with Gasteiger partial charge in [0.25, 0.3) is 0 Å². The predicted molar refractivity (Wildman–Crippen MR) is 66.3 cm³/mol. The molecular formula is C15H24O. The van der Waals surface area contributed by atoms with Gasteiger partial charge in [-0.1, -0.05) is 25.0 Å². The Morgan fingerprint density at radius 1 is 1.06 bits per heavy atom. The Morgan fingerprint density at radius 2 is 2.00 bits per heavy atom. The largest absolute Gasteiger partial charge is 0.378 e. The zero-order valence-electron chi connectivity index (χ0n) is 10.2. The quantitative estimate of drug-likeness (QED) is 0.504. The Balaban J connectivity index is 1.30. The van der Waals surface area contributed by atoms with Crippen LogP contribution in [0.1, 0.15) is 51.4 Å². The van der Waals surface area contributed by atoms with E-state index in [9.17, 15) is 0 Å². The molecule has 1 heteroatoms. The Morgan fingerprint density at radius 3 is 2.69 bits per heavy atom. The molecule has 1 saturated heterocycles. The average molecular weight is 220 g/mol. The maximum absolute atomic E-state index is 5.66. The Kier molecular flexibility index (Phi) is 3.32. The minimum absolute atomic E-state index is 0.611. The molecular weight excluding hydrogens is 196 g/mol. The average Bonchev–Trinajstić information content (AvgIpc) is 3.01. The third kappa shape index (κ3) is 2.34. The molecule has 3 rings (SSSR count). The normalized spacial score (nSPS) is 41.0. The van der Waals surface area contributed by atoms with E-state index in [-0.39, 0.29) is 0 Å². The number of hydrogen-bond acceptors (Lipinski definition) is 1. The zero-order chi connectivity index (χ0) is 10.8. The summed E-state index contributed by atoms with van der Waals surface area (Å²) < 4.78 is 5.66. The lowest BCUT2D eigenvalue weighted by molar-refractivity contribution is 0.101. The maximum Gasteiger partial charge on any atom is 0.0576 e. The van der Waals surface area contributed by atoms with Gasteiger partial charge in [-0.25, -0.2) is 0 Å². The van der Waals surface area contributed by atoms with E-state index >= 15 is 0 Å². The standard InChI is InChI=1S/C15H24O/c1(2-5-15-6-3-9-16-15)4-13-10-12-7-8-14(13)11-12/h7-8,12-15H,1-6,9-11H2. The van der Waals surface area contributed by atoms with E-state index in [0.29, 0.717) is 6.10 Å². The molecule has 1 heterocycles. The van der Waals surface area contributed by atoms with Gasteiger partial charge in [0, 0.05) is 6.61 Å². The SMILES string of the molecule is C1=CC2CC1CC2CCCCC1CCCO1. The molecule has 0 amide bonds. The van der Waals surface area contributed by atoms with Crippen LogP contribution in [0, 0.1) is 17.8 Å². The first-order valence-corrected chi connectivity index (χ1v) is 7.22. The van der Waals surface area contributed by atoms with E-state index in [1.807, 2.05) is 0 Å². The monoisotopic (exact) mass is 220 g/mol. The van der Waals surface area contributed by atoms with Crippen molar-refractivity contribution < 1.29 is 4.74 Å². The van der Waals surface area contributed by atoms with Gasteiger partial charge in [-0.2, -0.15) is 0 Å². The van der Waals surface area contributed by atoms with Crippen LogP contribution in [0.25, 0.3) is 0 Å². The van der Waals surface area contributed by atoms with E-state index in [0.717, 1.165) is 24.4 Å². The second kappa shape index (κ2) is 4.91. The van der Waals surface area contributed by atoms with Crippen LogP contribution in [0.3, 0.4) is 0 Å². The molecule has 2 aliphatic carbocycles. The summed E-state index contributed by atoms with van der Waals surface area (Å²) in [5.41, 5.74) is 0. The van der Waals surface area contributed by atoms with Crippen LogP contribution in [-0.4, -0.2) is 12.7 Å². The topological polar surface area (TPSA) is 9.23 Å².